The number of aromatic nitrogens is 1. The van der Waals surface area contributed by atoms with Gasteiger partial charge in [-0.05, 0) is 12.1 Å². The van der Waals surface area contributed by atoms with Crippen molar-refractivity contribution in [1.29, 1.82) is 0 Å². The van der Waals surface area contributed by atoms with Gasteiger partial charge >= 0.3 is 5.69 Å². The first-order chi connectivity index (χ1) is 10.6. The number of nitro groups is 1. The maximum atomic E-state index is 11.2. The van der Waals surface area contributed by atoms with Crippen molar-refractivity contribution in [2.24, 2.45) is 0 Å². The number of anilines is 1. The van der Waals surface area contributed by atoms with E-state index in [4.69, 9.17) is 21.1 Å². The highest BCUT2D eigenvalue weighted by Crippen LogP contribution is 2.39. The SMILES string of the molecule is O=[N+]([O-])c1c(Cl)ccc2sc(N3C[C@@H]4OCCO[C@@H]4C3)nc12. The third kappa shape index (κ3) is 2.23. The standard InChI is InChI=1S/C13H12ClN3O4S/c14-7-1-2-10-11(12(7)17(18)19)15-13(22-10)16-5-8-9(6-16)21-4-3-20-8/h1-2,8-9H,3-6H2/t8-,9+. The van der Waals surface area contributed by atoms with Crippen molar-refractivity contribution in [3.05, 3.63) is 27.3 Å². The van der Waals surface area contributed by atoms with Crippen LogP contribution in [0.5, 0.6) is 0 Å². The second kappa shape index (κ2) is 5.31. The number of hydrogen-bond donors (Lipinski definition) is 0. The van der Waals surface area contributed by atoms with E-state index in [0.717, 1.165) is 9.83 Å². The number of benzene rings is 1. The number of halogens is 1. The van der Waals surface area contributed by atoms with Crippen LogP contribution in [0.2, 0.25) is 5.02 Å². The van der Waals surface area contributed by atoms with Gasteiger partial charge in [-0.3, -0.25) is 10.1 Å². The van der Waals surface area contributed by atoms with Crippen LogP contribution in [0, 0.1) is 10.1 Å². The maximum absolute atomic E-state index is 11.2. The molecule has 2 saturated heterocycles. The molecule has 2 atom stereocenters. The molecule has 4 rings (SSSR count). The van der Waals surface area contributed by atoms with Gasteiger partial charge in [-0.15, -0.1) is 0 Å². The number of hydrogen-bond acceptors (Lipinski definition) is 7. The summed E-state index contributed by atoms with van der Waals surface area (Å²) in [4.78, 5) is 17.2. The van der Waals surface area contributed by atoms with E-state index in [9.17, 15) is 10.1 Å². The summed E-state index contributed by atoms with van der Waals surface area (Å²) < 4.78 is 12.1. The van der Waals surface area contributed by atoms with E-state index in [1.807, 2.05) is 0 Å². The first-order valence-electron chi connectivity index (χ1n) is 6.85. The summed E-state index contributed by atoms with van der Waals surface area (Å²) in [5.41, 5.74) is 0.208. The van der Waals surface area contributed by atoms with Crippen molar-refractivity contribution < 1.29 is 14.4 Å². The Morgan fingerprint density at radius 1 is 1.32 bits per heavy atom. The van der Waals surface area contributed by atoms with Crippen LogP contribution < -0.4 is 4.90 Å². The van der Waals surface area contributed by atoms with Gasteiger partial charge < -0.3 is 14.4 Å². The van der Waals surface area contributed by atoms with E-state index >= 15 is 0 Å². The lowest BCUT2D eigenvalue weighted by Gasteiger charge is -2.24. The van der Waals surface area contributed by atoms with Gasteiger partial charge in [0.25, 0.3) is 0 Å². The Morgan fingerprint density at radius 2 is 2.00 bits per heavy atom. The molecule has 7 nitrogen and oxygen atoms in total. The lowest BCUT2D eigenvalue weighted by molar-refractivity contribution is -0.383. The van der Waals surface area contributed by atoms with Crippen LogP contribution in [0.4, 0.5) is 10.8 Å². The molecule has 9 heteroatoms. The van der Waals surface area contributed by atoms with Gasteiger partial charge in [0, 0.05) is 13.1 Å². The quantitative estimate of drug-likeness (QED) is 0.617. The van der Waals surface area contributed by atoms with Crippen LogP contribution in [0.25, 0.3) is 10.2 Å². The second-order valence-corrected chi connectivity index (χ2v) is 6.64. The van der Waals surface area contributed by atoms with Crippen LogP contribution in [0.3, 0.4) is 0 Å². The molecule has 0 bridgehead atoms. The van der Waals surface area contributed by atoms with Crippen molar-refractivity contribution in [1.82, 2.24) is 4.98 Å². The Bertz CT molecular complexity index is 738. The molecule has 2 aliphatic heterocycles. The molecule has 1 aromatic heterocycles. The molecule has 0 radical (unpaired) electrons. The van der Waals surface area contributed by atoms with Gasteiger partial charge in [-0.1, -0.05) is 22.9 Å². The Hall–Kier alpha value is -1.48. The van der Waals surface area contributed by atoms with E-state index in [0.29, 0.717) is 31.8 Å². The summed E-state index contributed by atoms with van der Waals surface area (Å²) in [5, 5.41) is 12.0. The number of nitrogens with zero attached hydrogens (tertiary/aromatic N) is 3. The first kappa shape index (κ1) is 14.1. The molecule has 0 amide bonds. The molecular formula is C13H12ClN3O4S. The van der Waals surface area contributed by atoms with Crippen LogP contribution in [0.15, 0.2) is 12.1 Å². The molecule has 0 spiro atoms. The normalized spacial score (nSPS) is 24.7. The summed E-state index contributed by atoms with van der Waals surface area (Å²) in [5.74, 6) is 0. The van der Waals surface area contributed by atoms with Crippen molar-refractivity contribution in [2.45, 2.75) is 12.2 Å². The zero-order chi connectivity index (χ0) is 15.3. The molecule has 0 saturated carbocycles. The Labute approximate surface area is 134 Å². The molecule has 0 N–H and O–H groups in total. The molecule has 0 aliphatic carbocycles. The summed E-state index contributed by atoms with van der Waals surface area (Å²) in [6, 6.07) is 3.31. The smallest absolute Gasteiger partial charge is 0.314 e. The molecular weight excluding hydrogens is 330 g/mol. The largest absolute Gasteiger partial charge is 0.371 e. The fourth-order valence-electron chi connectivity index (χ4n) is 2.87. The minimum Gasteiger partial charge on any atom is -0.371 e. The summed E-state index contributed by atoms with van der Waals surface area (Å²) in [7, 11) is 0. The Kier molecular flexibility index (Phi) is 3.41. The van der Waals surface area contributed by atoms with Gasteiger partial charge in [0.15, 0.2) is 10.6 Å². The number of thiazole rings is 1. The summed E-state index contributed by atoms with van der Waals surface area (Å²) >= 11 is 7.36. The lowest BCUT2D eigenvalue weighted by atomic mass is 10.2. The van der Waals surface area contributed by atoms with Gasteiger partial charge in [0.1, 0.15) is 17.2 Å². The molecule has 2 fully saturated rings. The van der Waals surface area contributed by atoms with Crippen LogP contribution >= 0.6 is 22.9 Å². The second-order valence-electron chi connectivity index (χ2n) is 5.22. The molecule has 1 aromatic carbocycles. The average Bonchev–Trinajstić information content (AvgIpc) is 3.09. The minimum absolute atomic E-state index is 0.0411. The Balaban J connectivity index is 1.71. The molecule has 2 aliphatic rings. The zero-order valence-corrected chi connectivity index (χ0v) is 13.0. The average molecular weight is 342 g/mol. The highest BCUT2D eigenvalue weighted by atomic mass is 35.5. The van der Waals surface area contributed by atoms with Gasteiger partial charge in [0.2, 0.25) is 0 Å². The predicted octanol–water partition coefficient (Wildman–Crippen LogP) is 2.46. The van der Waals surface area contributed by atoms with Gasteiger partial charge in [0.05, 0.1) is 22.8 Å². The highest BCUT2D eigenvalue weighted by molar-refractivity contribution is 7.22. The van der Waals surface area contributed by atoms with E-state index < -0.39 is 4.92 Å². The number of ether oxygens (including phenoxy) is 2. The molecule has 116 valence electrons. The highest BCUT2D eigenvalue weighted by Gasteiger charge is 2.38. The van der Waals surface area contributed by atoms with E-state index in [2.05, 4.69) is 9.88 Å². The molecule has 3 heterocycles. The first-order valence-corrected chi connectivity index (χ1v) is 8.04. The topological polar surface area (TPSA) is 77.7 Å². The van der Waals surface area contributed by atoms with Crippen molar-refractivity contribution in [2.75, 3.05) is 31.2 Å². The van der Waals surface area contributed by atoms with Gasteiger partial charge in [-0.25, -0.2) is 4.98 Å². The van der Waals surface area contributed by atoms with E-state index in [1.165, 1.54) is 11.3 Å². The van der Waals surface area contributed by atoms with Crippen molar-refractivity contribution >= 4 is 44.0 Å². The third-order valence-electron chi connectivity index (χ3n) is 3.89. The van der Waals surface area contributed by atoms with E-state index in [1.54, 1.807) is 12.1 Å². The lowest BCUT2D eigenvalue weighted by Crippen LogP contribution is -2.36. The number of nitro benzene ring substituents is 1. The molecule has 2 aromatic rings. The van der Waals surface area contributed by atoms with Crippen molar-refractivity contribution in [3.8, 4) is 0 Å². The third-order valence-corrected chi connectivity index (χ3v) is 5.28. The minimum atomic E-state index is -0.482. The maximum Gasteiger partial charge on any atom is 0.314 e. The zero-order valence-electron chi connectivity index (χ0n) is 11.4. The van der Waals surface area contributed by atoms with Crippen LogP contribution in [0.1, 0.15) is 0 Å². The van der Waals surface area contributed by atoms with Crippen molar-refractivity contribution in [3.63, 3.8) is 0 Å². The van der Waals surface area contributed by atoms with E-state index in [-0.39, 0.29) is 22.9 Å². The summed E-state index contributed by atoms with van der Waals surface area (Å²) in [6.07, 6.45) is 0.0821. The monoisotopic (exact) mass is 341 g/mol. The predicted molar refractivity (Wildman–Crippen MR) is 83.0 cm³/mol. The molecule has 22 heavy (non-hydrogen) atoms. The summed E-state index contributed by atoms with van der Waals surface area (Å²) in [6.45, 7) is 2.59. The fourth-order valence-corrected chi connectivity index (χ4v) is 4.08. The fraction of sp³-hybridized carbons (Fsp3) is 0.462. The van der Waals surface area contributed by atoms with Crippen LogP contribution in [-0.4, -0.2) is 48.4 Å². The van der Waals surface area contributed by atoms with Crippen LogP contribution in [-0.2, 0) is 9.47 Å². The number of rotatable bonds is 2. The molecule has 0 unspecified atom stereocenters. The number of fused-ring (bicyclic) bond motifs is 2. The van der Waals surface area contributed by atoms with Gasteiger partial charge in [-0.2, -0.15) is 0 Å². The Morgan fingerprint density at radius 3 is 2.64 bits per heavy atom.